The molecule has 2 aromatic carbocycles. The molecule has 0 fully saturated rings. The first kappa shape index (κ1) is 24.6. The van der Waals surface area contributed by atoms with Gasteiger partial charge in [-0.2, -0.15) is 13.2 Å². The third kappa shape index (κ3) is 4.56. The van der Waals surface area contributed by atoms with Crippen molar-refractivity contribution >= 4 is 28.8 Å². The number of carbonyl (C=O) groups excluding carboxylic acids is 1. The Kier molecular flexibility index (Phi) is 6.76. The molecule has 0 amide bonds. The van der Waals surface area contributed by atoms with Gasteiger partial charge in [0.05, 0.1) is 40.2 Å². The summed E-state index contributed by atoms with van der Waals surface area (Å²) in [6.07, 6.45) is -3.67. The van der Waals surface area contributed by atoms with Gasteiger partial charge in [0.25, 0.3) is 0 Å². The van der Waals surface area contributed by atoms with E-state index in [1.807, 2.05) is 0 Å². The molecular formula is C23H18ClF5N2O2. The molecule has 0 saturated heterocycles. The third-order valence-corrected chi connectivity index (χ3v) is 5.54. The van der Waals surface area contributed by atoms with E-state index in [2.05, 4.69) is 11.6 Å². The van der Waals surface area contributed by atoms with Gasteiger partial charge in [0, 0.05) is 23.0 Å². The predicted octanol–water partition coefficient (Wildman–Crippen LogP) is 5.66. The Hall–Kier alpha value is -3.04. The summed E-state index contributed by atoms with van der Waals surface area (Å²) in [6.45, 7) is 5.94. The number of halogens is 6. The minimum Gasteiger partial charge on any atom is -0.391 e. The van der Waals surface area contributed by atoms with Crippen molar-refractivity contribution in [3.8, 4) is 0 Å². The summed E-state index contributed by atoms with van der Waals surface area (Å²) in [5, 5.41) is 8.73. The largest absolute Gasteiger partial charge is 0.417 e. The number of aliphatic hydroxyl groups is 1. The molecule has 1 heterocycles. The van der Waals surface area contributed by atoms with Crippen LogP contribution in [-0.4, -0.2) is 29.3 Å². The average molecular weight is 485 g/mol. The Balaban J connectivity index is 2.46. The predicted molar refractivity (Wildman–Crippen MR) is 115 cm³/mol. The zero-order valence-electron chi connectivity index (χ0n) is 17.5. The average Bonchev–Trinajstić information content (AvgIpc) is 2.81. The van der Waals surface area contributed by atoms with Crippen LogP contribution >= 0.6 is 11.6 Å². The van der Waals surface area contributed by atoms with Crippen LogP contribution in [0.3, 0.4) is 0 Å². The van der Waals surface area contributed by atoms with Gasteiger partial charge >= 0.3 is 6.18 Å². The second kappa shape index (κ2) is 9.07. The van der Waals surface area contributed by atoms with Crippen LogP contribution < -0.4 is 4.90 Å². The van der Waals surface area contributed by atoms with E-state index >= 15 is 0 Å². The van der Waals surface area contributed by atoms with Crippen LogP contribution in [0, 0.1) is 11.6 Å². The second-order valence-corrected chi connectivity index (χ2v) is 7.68. The van der Waals surface area contributed by atoms with Crippen LogP contribution in [0.5, 0.6) is 0 Å². The minimum atomic E-state index is -4.86. The summed E-state index contributed by atoms with van der Waals surface area (Å²) >= 11 is 6.19. The number of nitrogens with zero attached hydrogens (tertiary/aromatic N) is 2. The highest BCUT2D eigenvalue weighted by Gasteiger charge is 2.38. The molecule has 0 spiro atoms. The molecule has 0 unspecified atom stereocenters. The van der Waals surface area contributed by atoms with E-state index in [1.165, 1.54) is 24.9 Å². The lowest BCUT2D eigenvalue weighted by Gasteiger charge is -2.27. The Morgan fingerprint density at radius 3 is 2.33 bits per heavy atom. The maximum absolute atomic E-state index is 14.7. The van der Waals surface area contributed by atoms with Crippen molar-refractivity contribution in [2.45, 2.75) is 26.1 Å². The van der Waals surface area contributed by atoms with Crippen LogP contribution in [0.2, 0.25) is 5.02 Å². The van der Waals surface area contributed by atoms with Crippen molar-refractivity contribution < 1.29 is 31.9 Å². The Labute approximate surface area is 191 Å². The fourth-order valence-electron chi connectivity index (χ4n) is 3.36. The summed E-state index contributed by atoms with van der Waals surface area (Å²) in [5.41, 5.74) is -2.66. The van der Waals surface area contributed by atoms with E-state index in [0.717, 1.165) is 24.3 Å². The van der Waals surface area contributed by atoms with Gasteiger partial charge in [-0.05, 0) is 38.1 Å². The number of aliphatic imine (C=N–C) groups is 1. The van der Waals surface area contributed by atoms with Crippen LogP contribution in [0.15, 0.2) is 59.4 Å². The van der Waals surface area contributed by atoms with Crippen molar-refractivity contribution in [2.24, 2.45) is 4.99 Å². The molecule has 1 aliphatic heterocycles. The summed E-state index contributed by atoms with van der Waals surface area (Å²) in [4.78, 5) is 17.4. The number of carbonyl (C=O) groups is 1. The maximum Gasteiger partial charge on any atom is 0.417 e. The topological polar surface area (TPSA) is 52.9 Å². The van der Waals surface area contributed by atoms with E-state index in [0.29, 0.717) is 6.07 Å². The molecule has 0 aromatic heterocycles. The lowest BCUT2D eigenvalue weighted by Crippen LogP contribution is -2.23. The molecule has 0 aliphatic carbocycles. The van der Waals surface area contributed by atoms with E-state index in [-0.39, 0.29) is 17.0 Å². The highest BCUT2D eigenvalue weighted by atomic mass is 35.5. The molecule has 174 valence electrons. The number of fused-ring (bicyclic) bond motifs is 1. The van der Waals surface area contributed by atoms with Crippen LogP contribution in [0.25, 0.3) is 0 Å². The number of Topliss-reactive ketones (excluding diaryl/α,β-unsaturated/α-hetero) is 1. The Morgan fingerprint density at radius 2 is 1.82 bits per heavy atom. The summed E-state index contributed by atoms with van der Waals surface area (Å²) in [7, 11) is 0. The molecule has 4 nitrogen and oxygen atoms in total. The SMILES string of the molecule is C=C1[C@H](C)N=C(c2c(F)cccc2F)c2c(ccc(C(F)(F)F)c2Cl)N1/C=C(/CO)C(C)=O. The number of hydrogen-bond acceptors (Lipinski definition) is 4. The fraction of sp³-hybridized carbons (Fsp3) is 0.217. The highest BCUT2D eigenvalue weighted by Crippen LogP contribution is 2.43. The molecule has 0 bridgehead atoms. The van der Waals surface area contributed by atoms with Crippen molar-refractivity contribution in [3.05, 3.63) is 87.7 Å². The lowest BCUT2D eigenvalue weighted by molar-refractivity contribution is -0.137. The van der Waals surface area contributed by atoms with Crippen molar-refractivity contribution in [1.29, 1.82) is 0 Å². The standard InChI is InChI=1S/C23H18ClF5N2O2/c1-11-12(2)31(9-14(10-32)13(3)33)18-8-7-15(23(27,28)29)21(24)20(18)22(30-11)19-16(25)5-4-6-17(19)26/h4-9,11,32H,2,10H2,1,3H3/b14-9-/t11-/m0/s1. The number of rotatable bonds is 4. The number of benzodiazepines with no additional fused rings is 1. The van der Waals surface area contributed by atoms with Gasteiger partial charge in [-0.3, -0.25) is 9.79 Å². The second-order valence-electron chi connectivity index (χ2n) is 7.30. The number of benzene rings is 2. The first-order valence-corrected chi connectivity index (χ1v) is 9.99. The van der Waals surface area contributed by atoms with E-state index in [4.69, 9.17) is 11.6 Å². The third-order valence-electron chi connectivity index (χ3n) is 5.14. The molecule has 10 heteroatoms. The van der Waals surface area contributed by atoms with Crippen LogP contribution in [-0.2, 0) is 11.0 Å². The summed E-state index contributed by atoms with van der Waals surface area (Å²) < 4.78 is 70.3. The lowest BCUT2D eigenvalue weighted by atomic mass is 9.96. The fourth-order valence-corrected chi connectivity index (χ4v) is 3.72. The molecular weight excluding hydrogens is 467 g/mol. The van der Waals surface area contributed by atoms with Crippen molar-refractivity contribution in [1.82, 2.24) is 0 Å². The molecule has 0 saturated carbocycles. The quantitative estimate of drug-likeness (QED) is 0.450. The zero-order valence-corrected chi connectivity index (χ0v) is 18.2. The highest BCUT2D eigenvalue weighted by molar-refractivity contribution is 6.37. The number of aliphatic hydroxyl groups excluding tert-OH is 1. The molecule has 3 rings (SSSR count). The van der Waals surface area contributed by atoms with Gasteiger partial charge in [-0.25, -0.2) is 8.78 Å². The smallest absolute Gasteiger partial charge is 0.391 e. The molecule has 1 aliphatic rings. The summed E-state index contributed by atoms with van der Waals surface area (Å²) in [5.74, 6) is -2.59. The zero-order chi connectivity index (χ0) is 24.7. The monoisotopic (exact) mass is 484 g/mol. The van der Waals surface area contributed by atoms with E-state index in [1.54, 1.807) is 0 Å². The Bertz CT molecular complexity index is 1180. The number of alkyl halides is 3. The maximum atomic E-state index is 14.7. The van der Waals surface area contributed by atoms with Crippen LogP contribution in [0.1, 0.15) is 30.5 Å². The summed E-state index contributed by atoms with van der Waals surface area (Å²) in [6, 6.07) is 3.88. The normalized spacial score (nSPS) is 16.9. The first-order valence-electron chi connectivity index (χ1n) is 9.61. The van der Waals surface area contributed by atoms with Gasteiger partial charge in [0.2, 0.25) is 0 Å². The molecule has 0 radical (unpaired) electrons. The van der Waals surface area contributed by atoms with Gasteiger partial charge < -0.3 is 10.0 Å². The van der Waals surface area contributed by atoms with Gasteiger partial charge in [0.15, 0.2) is 5.78 Å². The number of anilines is 1. The van der Waals surface area contributed by atoms with Gasteiger partial charge in [-0.15, -0.1) is 0 Å². The van der Waals surface area contributed by atoms with Crippen molar-refractivity contribution in [3.63, 3.8) is 0 Å². The number of hydrogen-bond donors (Lipinski definition) is 1. The van der Waals surface area contributed by atoms with E-state index < -0.39 is 63.7 Å². The molecule has 1 atom stereocenters. The molecule has 33 heavy (non-hydrogen) atoms. The van der Waals surface area contributed by atoms with Gasteiger partial charge in [0.1, 0.15) is 11.6 Å². The molecule has 2 aromatic rings. The first-order chi connectivity index (χ1) is 15.4. The minimum absolute atomic E-state index is 0.0454. The van der Waals surface area contributed by atoms with Crippen LogP contribution in [0.4, 0.5) is 27.6 Å². The number of ketones is 1. The van der Waals surface area contributed by atoms with Crippen molar-refractivity contribution in [2.75, 3.05) is 11.5 Å². The Morgan fingerprint density at radius 1 is 1.21 bits per heavy atom. The van der Waals surface area contributed by atoms with Gasteiger partial charge in [-0.1, -0.05) is 24.2 Å². The van der Waals surface area contributed by atoms with E-state index in [9.17, 15) is 31.9 Å². The molecule has 1 N–H and O–H groups in total.